The zero-order valence-corrected chi connectivity index (χ0v) is 19.5. The van der Waals surface area contributed by atoms with E-state index < -0.39 is 11.2 Å². The van der Waals surface area contributed by atoms with Crippen LogP contribution in [-0.4, -0.2) is 48.3 Å². The van der Waals surface area contributed by atoms with Gasteiger partial charge in [0, 0.05) is 41.4 Å². The summed E-state index contributed by atoms with van der Waals surface area (Å²) in [6.45, 7) is 4.06. The van der Waals surface area contributed by atoms with Gasteiger partial charge >= 0.3 is 0 Å². The standard InChI is InChI=1S/C23H22ClN5O3S/c1-14(3-7-20(30)16-9-17(24)11-19(10-16)33(2)32)22-26-13-27-29(22)21-8-4-15(12-25-21)23(31)28-18-5-6-18/h4,8-13,18H,1,3,5-7H2,2H3,(H,28,31). The molecule has 1 N–H and O–H groups in total. The monoisotopic (exact) mass is 483 g/mol. The minimum Gasteiger partial charge on any atom is -0.612 e. The highest BCUT2D eigenvalue weighted by Crippen LogP contribution is 2.23. The number of allylic oxidation sites excluding steroid dienone is 1. The number of amides is 1. The number of Topliss-reactive ketones (excluding diaryl/α,β-unsaturated/α-hetero) is 1. The minimum absolute atomic E-state index is 0.138. The topological polar surface area (TPSA) is 113 Å². The first kappa shape index (κ1) is 23.2. The Kier molecular flexibility index (Phi) is 6.92. The number of ketones is 1. The molecule has 1 aliphatic rings. The maximum Gasteiger partial charge on any atom is 0.253 e. The van der Waals surface area contributed by atoms with E-state index in [9.17, 15) is 14.1 Å². The highest BCUT2D eigenvalue weighted by Gasteiger charge is 2.24. The summed E-state index contributed by atoms with van der Waals surface area (Å²) in [5, 5.41) is 7.50. The molecule has 3 aromatic rings. The molecule has 8 nitrogen and oxygen atoms in total. The summed E-state index contributed by atoms with van der Waals surface area (Å²) < 4.78 is 13.3. The van der Waals surface area contributed by atoms with Crippen LogP contribution in [0.5, 0.6) is 0 Å². The molecule has 2 aromatic heterocycles. The zero-order valence-electron chi connectivity index (χ0n) is 18.0. The molecule has 0 saturated heterocycles. The van der Waals surface area contributed by atoms with E-state index in [0.29, 0.717) is 44.7 Å². The predicted octanol–water partition coefficient (Wildman–Crippen LogP) is 3.62. The molecular weight excluding hydrogens is 462 g/mol. The smallest absolute Gasteiger partial charge is 0.253 e. The molecule has 1 unspecified atom stereocenters. The number of halogens is 1. The van der Waals surface area contributed by atoms with Crippen LogP contribution in [0.3, 0.4) is 0 Å². The van der Waals surface area contributed by atoms with E-state index in [1.165, 1.54) is 23.5 Å². The molecule has 1 atom stereocenters. The van der Waals surface area contributed by atoms with Crippen molar-refractivity contribution in [3.8, 4) is 5.82 Å². The highest BCUT2D eigenvalue weighted by atomic mass is 35.5. The third-order valence-corrected chi connectivity index (χ3v) is 6.30. The fourth-order valence-corrected chi connectivity index (χ4v) is 4.09. The number of rotatable bonds is 9. The van der Waals surface area contributed by atoms with E-state index in [4.69, 9.17) is 11.6 Å². The lowest BCUT2D eigenvalue weighted by atomic mass is 10.0. The molecule has 1 amide bonds. The maximum atomic E-state index is 12.7. The Labute approximate surface area is 199 Å². The second kappa shape index (κ2) is 9.86. The van der Waals surface area contributed by atoms with Crippen molar-refractivity contribution < 1.29 is 14.1 Å². The molecule has 0 spiro atoms. The van der Waals surface area contributed by atoms with Crippen LogP contribution in [0, 0.1) is 0 Å². The summed E-state index contributed by atoms with van der Waals surface area (Å²) in [6.07, 6.45) is 6.97. The normalized spacial score (nSPS) is 14.0. The Morgan fingerprint density at radius 2 is 2.00 bits per heavy atom. The predicted molar refractivity (Wildman–Crippen MR) is 126 cm³/mol. The first-order chi connectivity index (χ1) is 15.8. The van der Waals surface area contributed by atoms with E-state index in [2.05, 4.69) is 27.0 Å². The summed E-state index contributed by atoms with van der Waals surface area (Å²) >= 11 is 4.83. The molecule has 0 aliphatic heterocycles. The van der Waals surface area contributed by atoms with Gasteiger partial charge in [0.15, 0.2) is 22.3 Å². The number of pyridine rings is 1. The maximum absolute atomic E-state index is 12.7. The van der Waals surface area contributed by atoms with E-state index in [1.54, 1.807) is 30.3 Å². The van der Waals surface area contributed by atoms with Gasteiger partial charge in [0.1, 0.15) is 12.6 Å². The van der Waals surface area contributed by atoms with Gasteiger partial charge in [-0.2, -0.15) is 9.78 Å². The Morgan fingerprint density at radius 1 is 1.21 bits per heavy atom. The molecule has 4 rings (SSSR count). The quantitative estimate of drug-likeness (QED) is 0.367. The van der Waals surface area contributed by atoms with Gasteiger partial charge in [-0.25, -0.2) is 9.97 Å². The zero-order chi connectivity index (χ0) is 23.5. The van der Waals surface area contributed by atoms with Gasteiger partial charge in [0.05, 0.1) is 5.56 Å². The van der Waals surface area contributed by atoms with Crippen LogP contribution in [0.1, 0.15) is 52.2 Å². The van der Waals surface area contributed by atoms with Gasteiger partial charge in [-0.1, -0.05) is 18.2 Å². The molecule has 1 saturated carbocycles. The van der Waals surface area contributed by atoms with Crippen molar-refractivity contribution in [3.63, 3.8) is 0 Å². The number of benzene rings is 1. The van der Waals surface area contributed by atoms with Gasteiger partial charge in [-0.15, -0.1) is 0 Å². The van der Waals surface area contributed by atoms with Crippen LogP contribution in [-0.2, 0) is 11.2 Å². The Morgan fingerprint density at radius 3 is 2.67 bits per heavy atom. The van der Waals surface area contributed by atoms with E-state index in [-0.39, 0.29) is 24.2 Å². The van der Waals surface area contributed by atoms with Crippen molar-refractivity contribution in [1.29, 1.82) is 0 Å². The molecule has 0 radical (unpaired) electrons. The Bertz CT molecular complexity index is 1210. The second-order valence-corrected chi connectivity index (χ2v) is 9.62. The number of aromatic nitrogens is 4. The van der Waals surface area contributed by atoms with Crippen LogP contribution < -0.4 is 5.32 Å². The van der Waals surface area contributed by atoms with Gasteiger partial charge in [0.25, 0.3) is 5.91 Å². The summed E-state index contributed by atoms with van der Waals surface area (Å²) in [5.41, 5.74) is 1.49. The number of hydrogen-bond acceptors (Lipinski definition) is 6. The fraction of sp³-hybridized carbons (Fsp3) is 0.261. The van der Waals surface area contributed by atoms with E-state index in [1.807, 2.05) is 0 Å². The van der Waals surface area contributed by atoms with Crippen molar-refractivity contribution in [2.24, 2.45) is 0 Å². The number of nitrogens with zero attached hydrogens (tertiary/aromatic N) is 4. The van der Waals surface area contributed by atoms with Gasteiger partial charge in [0.2, 0.25) is 0 Å². The van der Waals surface area contributed by atoms with Crippen LogP contribution in [0.15, 0.2) is 54.3 Å². The Hall–Kier alpha value is -3.01. The van der Waals surface area contributed by atoms with E-state index >= 15 is 0 Å². The number of nitrogens with one attached hydrogen (secondary N) is 1. The SMILES string of the molecule is C=C(CCC(=O)c1cc(Cl)cc([S+](C)[O-])c1)c1ncnn1-c1ccc(C(=O)NC2CC2)cn1. The molecule has 1 aromatic carbocycles. The lowest BCUT2D eigenvalue weighted by Gasteiger charge is -2.10. The summed E-state index contributed by atoms with van der Waals surface area (Å²) in [5.74, 6) is 0.685. The van der Waals surface area contributed by atoms with Crippen molar-refractivity contribution in [1.82, 2.24) is 25.1 Å². The lowest BCUT2D eigenvalue weighted by molar-refractivity contribution is 0.0949. The Balaban J connectivity index is 1.43. The lowest BCUT2D eigenvalue weighted by Crippen LogP contribution is -2.25. The first-order valence-electron chi connectivity index (χ1n) is 10.3. The second-order valence-electron chi connectivity index (χ2n) is 7.80. The molecule has 1 aliphatic carbocycles. The third-order valence-electron chi connectivity index (χ3n) is 5.18. The average molecular weight is 484 g/mol. The summed E-state index contributed by atoms with van der Waals surface area (Å²) in [7, 11) is 0. The molecule has 170 valence electrons. The van der Waals surface area contributed by atoms with Gasteiger partial charge in [-0.05, 0) is 54.2 Å². The van der Waals surface area contributed by atoms with Crippen LogP contribution in [0.4, 0.5) is 0 Å². The molecular formula is C23H22ClN5O3S. The molecule has 1 fully saturated rings. The highest BCUT2D eigenvalue weighted by molar-refractivity contribution is 7.90. The average Bonchev–Trinajstić information content (AvgIpc) is 3.48. The molecule has 0 bridgehead atoms. The van der Waals surface area contributed by atoms with Crippen LogP contribution in [0.2, 0.25) is 5.02 Å². The van der Waals surface area contributed by atoms with Crippen LogP contribution >= 0.6 is 11.6 Å². The summed E-state index contributed by atoms with van der Waals surface area (Å²) in [4.78, 5) is 34.0. The largest absolute Gasteiger partial charge is 0.612 e. The third kappa shape index (κ3) is 5.68. The van der Waals surface area contributed by atoms with Crippen LogP contribution in [0.25, 0.3) is 11.4 Å². The number of carbonyl (C=O) groups excluding carboxylic acids is 2. The number of hydrogen-bond donors (Lipinski definition) is 1. The minimum atomic E-state index is -1.24. The molecule has 2 heterocycles. The van der Waals surface area contributed by atoms with Gasteiger partial charge < -0.3 is 9.87 Å². The van der Waals surface area contributed by atoms with Crippen molar-refractivity contribution in [2.45, 2.75) is 36.6 Å². The molecule has 33 heavy (non-hydrogen) atoms. The van der Waals surface area contributed by atoms with Crippen molar-refractivity contribution in [3.05, 3.63) is 71.4 Å². The van der Waals surface area contributed by atoms with Gasteiger partial charge in [-0.3, -0.25) is 9.59 Å². The molecule has 10 heteroatoms. The number of carbonyl (C=O) groups is 2. The first-order valence-corrected chi connectivity index (χ1v) is 12.3. The van der Waals surface area contributed by atoms with E-state index in [0.717, 1.165) is 12.8 Å². The summed E-state index contributed by atoms with van der Waals surface area (Å²) in [6, 6.07) is 8.40. The van der Waals surface area contributed by atoms with Crippen molar-refractivity contribution >= 4 is 40.0 Å². The van der Waals surface area contributed by atoms with Crippen molar-refractivity contribution in [2.75, 3.05) is 6.26 Å². The fourth-order valence-electron chi connectivity index (χ4n) is 3.20.